The minimum Gasteiger partial charge on any atom is -0.351 e. The number of aryl methyl sites for hydroxylation is 3. The van der Waals surface area contributed by atoms with Gasteiger partial charge < -0.3 is 10.6 Å². The lowest BCUT2D eigenvalue weighted by Gasteiger charge is -2.26. The number of carbonyl (C=O) groups is 1. The van der Waals surface area contributed by atoms with Crippen LogP contribution in [0, 0.1) is 6.92 Å². The highest BCUT2D eigenvalue weighted by Gasteiger charge is 2.21. The van der Waals surface area contributed by atoms with E-state index in [0.29, 0.717) is 66.8 Å². The fourth-order valence-corrected chi connectivity index (χ4v) is 5.59. The summed E-state index contributed by atoms with van der Waals surface area (Å²) in [7, 11) is 0.766. The Morgan fingerprint density at radius 3 is 2.63 bits per heavy atom. The second-order valence-corrected chi connectivity index (χ2v) is 11.7. The standard InChI is InChI=1S/C24H30N10O3S/c1-16-20(11-18(13-26-16)24(35)25-4-5-34-6-8-38(36,37)9-7-34)29-22-19-14-27-21(30-23(19)33(3)31-22)10-17-12-28-32(2)15-17/h11-15H,4-10H2,1-3H3,(H,25,35)(H,29,31). The highest BCUT2D eigenvalue weighted by atomic mass is 32.2. The lowest BCUT2D eigenvalue weighted by atomic mass is 10.2. The zero-order valence-electron chi connectivity index (χ0n) is 21.5. The van der Waals surface area contributed by atoms with Crippen LogP contribution in [0.3, 0.4) is 0 Å². The highest BCUT2D eigenvalue weighted by Crippen LogP contribution is 2.26. The molecule has 1 aliphatic rings. The first-order valence-electron chi connectivity index (χ1n) is 12.3. The normalized spacial score (nSPS) is 15.6. The topological polar surface area (TPSA) is 153 Å². The molecule has 0 aliphatic carbocycles. The van der Waals surface area contributed by atoms with Gasteiger partial charge in [0.1, 0.15) is 5.82 Å². The lowest BCUT2D eigenvalue weighted by molar-refractivity contribution is 0.0948. The van der Waals surface area contributed by atoms with E-state index in [4.69, 9.17) is 0 Å². The maximum Gasteiger partial charge on any atom is 0.252 e. The van der Waals surface area contributed by atoms with Gasteiger partial charge in [0.15, 0.2) is 21.3 Å². The van der Waals surface area contributed by atoms with Gasteiger partial charge in [-0.1, -0.05) is 0 Å². The number of sulfone groups is 1. The molecular formula is C24H30N10O3S. The highest BCUT2D eigenvalue weighted by molar-refractivity contribution is 7.91. The van der Waals surface area contributed by atoms with Crippen LogP contribution in [-0.2, 0) is 30.4 Å². The smallest absolute Gasteiger partial charge is 0.252 e. The van der Waals surface area contributed by atoms with Crippen molar-refractivity contribution in [3.05, 3.63) is 53.5 Å². The van der Waals surface area contributed by atoms with Crippen molar-refractivity contribution in [2.75, 3.05) is 43.0 Å². The largest absolute Gasteiger partial charge is 0.351 e. The Morgan fingerprint density at radius 1 is 1.11 bits per heavy atom. The minimum absolute atomic E-state index is 0.164. The number of amides is 1. The van der Waals surface area contributed by atoms with Gasteiger partial charge in [-0.25, -0.2) is 23.1 Å². The van der Waals surface area contributed by atoms with E-state index >= 15 is 0 Å². The SMILES string of the molecule is Cc1ncc(C(=O)NCCN2CCS(=O)(=O)CC2)cc1Nc1nn(C)c2nc(Cc3cnn(C)c3)ncc12. The molecule has 5 heterocycles. The molecular weight excluding hydrogens is 508 g/mol. The Kier molecular flexibility index (Phi) is 7.08. The Hall–Kier alpha value is -3.91. The molecule has 0 unspecified atom stereocenters. The second kappa shape index (κ2) is 10.5. The molecule has 14 heteroatoms. The van der Waals surface area contributed by atoms with E-state index < -0.39 is 9.84 Å². The van der Waals surface area contributed by atoms with Crippen LogP contribution in [0.2, 0.25) is 0 Å². The van der Waals surface area contributed by atoms with Crippen molar-refractivity contribution in [2.45, 2.75) is 13.3 Å². The quantitative estimate of drug-likeness (QED) is 0.326. The molecule has 5 rings (SSSR count). The summed E-state index contributed by atoms with van der Waals surface area (Å²) in [6.07, 6.45) is 7.57. The van der Waals surface area contributed by atoms with Gasteiger partial charge in [-0.15, -0.1) is 0 Å². The number of fused-ring (bicyclic) bond motifs is 1. The van der Waals surface area contributed by atoms with Gasteiger partial charge in [-0.3, -0.25) is 19.4 Å². The summed E-state index contributed by atoms with van der Waals surface area (Å²) in [5, 5.41) is 15.7. The maximum atomic E-state index is 12.8. The third-order valence-corrected chi connectivity index (χ3v) is 8.11. The predicted molar refractivity (Wildman–Crippen MR) is 142 cm³/mol. The van der Waals surface area contributed by atoms with Crippen molar-refractivity contribution in [1.29, 1.82) is 0 Å². The average Bonchev–Trinajstić information content (AvgIpc) is 3.43. The molecule has 4 aromatic rings. The van der Waals surface area contributed by atoms with Crippen LogP contribution in [-0.4, -0.2) is 91.4 Å². The Morgan fingerprint density at radius 2 is 1.89 bits per heavy atom. The first kappa shape index (κ1) is 25.7. The fourth-order valence-electron chi connectivity index (χ4n) is 4.31. The number of aromatic nitrogens is 7. The molecule has 1 amide bonds. The van der Waals surface area contributed by atoms with Crippen LogP contribution in [0.5, 0.6) is 0 Å². The zero-order valence-corrected chi connectivity index (χ0v) is 22.4. The van der Waals surface area contributed by atoms with Crippen LogP contribution in [0.4, 0.5) is 11.5 Å². The average molecular weight is 539 g/mol. The van der Waals surface area contributed by atoms with E-state index in [2.05, 4.69) is 35.8 Å². The number of rotatable bonds is 8. The van der Waals surface area contributed by atoms with E-state index in [9.17, 15) is 13.2 Å². The number of carbonyl (C=O) groups excluding carboxylic acids is 1. The van der Waals surface area contributed by atoms with Crippen LogP contribution < -0.4 is 10.6 Å². The van der Waals surface area contributed by atoms with Crippen molar-refractivity contribution in [2.24, 2.45) is 14.1 Å². The fraction of sp³-hybridized carbons (Fsp3) is 0.417. The number of nitrogens with one attached hydrogen (secondary N) is 2. The van der Waals surface area contributed by atoms with Gasteiger partial charge in [-0.2, -0.15) is 10.2 Å². The van der Waals surface area contributed by atoms with Gasteiger partial charge in [0.05, 0.1) is 40.0 Å². The molecule has 0 radical (unpaired) electrons. The predicted octanol–water partition coefficient (Wildman–Crippen LogP) is 0.595. The molecule has 0 saturated carbocycles. The molecule has 200 valence electrons. The summed E-state index contributed by atoms with van der Waals surface area (Å²) in [5.74, 6) is 1.31. The van der Waals surface area contributed by atoms with Crippen LogP contribution in [0.15, 0.2) is 30.9 Å². The molecule has 0 aromatic carbocycles. The molecule has 1 fully saturated rings. The summed E-state index contributed by atoms with van der Waals surface area (Å²) in [6.45, 7) is 3.84. The lowest BCUT2D eigenvalue weighted by Crippen LogP contribution is -2.43. The van der Waals surface area contributed by atoms with Gasteiger partial charge in [0.25, 0.3) is 5.91 Å². The summed E-state index contributed by atoms with van der Waals surface area (Å²) >= 11 is 0. The van der Waals surface area contributed by atoms with E-state index in [0.717, 1.165) is 10.9 Å². The molecule has 0 spiro atoms. The Balaban J connectivity index is 1.26. The number of hydrogen-bond acceptors (Lipinski definition) is 10. The Bertz CT molecular complexity index is 1580. The van der Waals surface area contributed by atoms with Crippen molar-refractivity contribution >= 4 is 38.3 Å². The first-order valence-corrected chi connectivity index (χ1v) is 14.1. The summed E-state index contributed by atoms with van der Waals surface area (Å²) < 4.78 is 26.6. The van der Waals surface area contributed by atoms with Gasteiger partial charge in [-0.05, 0) is 18.6 Å². The van der Waals surface area contributed by atoms with E-state index in [1.54, 1.807) is 27.8 Å². The number of nitrogens with zero attached hydrogens (tertiary/aromatic N) is 8. The molecule has 2 N–H and O–H groups in total. The van der Waals surface area contributed by atoms with Crippen LogP contribution in [0.25, 0.3) is 11.0 Å². The summed E-state index contributed by atoms with van der Waals surface area (Å²) in [4.78, 5) is 28.4. The monoisotopic (exact) mass is 538 g/mol. The van der Waals surface area contributed by atoms with Gasteiger partial charge in [0.2, 0.25) is 0 Å². The summed E-state index contributed by atoms with van der Waals surface area (Å²) in [5.41, 5.74) is 3.48. The van der Waals surface area contributed by atoms with Crippen LogP contribution >= 0.6 is 0 Å². The first-order chi connectivity index (χ1) is 18.2. The van der Waals surface area contributed by atoms with E-state index in [1.165, 1.54) is 6.20 Å². The van der Waals surface area contributed by atoms with E-state index in [1.807, 2.05) is 32.1 Å². The molecule has 38 heavy (non-hydrogen) atoms. The zero-order chi connectivity index (χ0) is 26.9. The van der Waals surface area contributed by atoms with Gasteiger partial charge >= 0.3 is 0 Å². The molecule has 0 atom stereocenters. The third-order valence-electron chi connectivity index (χ3n) is 6.50. The third kappa shape index (κ3) is 5.81. The minimum atomic E-state index is -2.92. The summed E-state index contributed by atoms with van der Waals surface area (Å²) in [6, 6.07) is 1.74. The Labute approximate surface area is 220 Å². The second-order valence-electron chi connectivity index (χ2n) is 9.43. The van der Waals surface area contributed by atoms with Crippen molar-refractivity contribution < 1.29 is 13.2 Å². The van der Waals surface area contributed by atoms with Crippen molar-refractivity contribution in [3.63, 3.8) is 0 Å². The molecule has 0 bridgehead atoms. The molecule has 1 aliphatic heterocycles. The van der Waals surface area contributed by atoms with Crippen molar-refractivity contribution in [1.82, 2.24) is 44.7 Å². The molecule has 13 nitrogen and oxygen atoms in total. The molecule has 4 aromatic heterocycles. The maximum absolute atomic E-state index is 12.8. The molecule has 1 saturated heterocycles. The number of hydrogen-bond donors (Lipinski definition) is 2. The number of pyridine rings is 1. The van der Waals surface area contributed by atoms with Crippen LogP contribution in [0.1, 0.15) is 27.4 Å². The van der Waals surface area contributed by atoms with Crippen molar-refractivity contribution in [3.8, 4) is 0 Å². The van der Waals surface area contributed by atoms with Gasteiger partial charge in [0, 0.05) is 65.3 Å². The van der Waals surface area contributed by atoms with E-state index in [-0.39, 0.29) is 17.4 Å². The number of anilines is 2.